The van der Waals surface area contributed by atoms with Crippen molar-refractivity contribution in [3.8, 4) is 0 Å². The fourth-order valence-electron chi connectivity index (χ4n) is 3.01. The topological polar surface area (TPSA) is 57.4 Å². The molecule has 1 N–H and O–H groups in total. The third-order valence-electron chi connectivity index (χ3n) is 4.52. The summed E-state index contributed by atoms with van der Waals surface area (Å²) in [5.41, 5.74) is 0. The molecule has 0 radical (unpaired) electrons. The van der Waals surface area contributed by atoms with Crippen molar-refractivity contribution in [2.45, 2.75) is 25.8 Å². The van der Waals surface area contributed by atoms with Crippen molar-refractivity contribution in [2.75, 3.05) is 46.4 Å². The fraction of sp³-hybridized carbons (Fsp3) is 0.857. The van der Waals surface area contributed by atoms with E-state index in [1.165, 1.54) is 0 Å². The van der Waals surface area contributed by atoms with Gasteiger partial charge in [0.05, 0.1) is 0 Å². The maximum atomic E-state index is 9.25. The highest BCUT2D eigenvalue weighted by Crippen LogP contribution is 2.18. The first-order valence-corrected chi connectivity index (χ1v) is 7.69. The molecule has 0 amide bonds. The molecule has 1 saturated heterocycles. The van der Waals surface area contributed by atoms with Gasteiger partial charge in [-0.05, 0) is 19.4 Å². The summed E-state index contributed by atoms with van der Waals surface area (Å²) in [6.07, 6.45) is 2.83. The van der Waals surface area contributed by atoms with Crippen LogP contribution in [-0.4, -0.2) is 76.0 Å². The standard InChI is InChI=1S/C14H25N5O/c1-17-6-8-18(9-7-17)4-3-13-15-14-10-12(11-20)2-5-19(14)16-13/h12,20H,2-11H2,1H3. The Bertz CT molecular complexity index is 439. The lowest BCUT2D eigenvalue weighted by Crippen LogP contribution is -2.45. The molecule has 3 heterocycles. The quantitative estimate of drug-likeness (QED) is 0.814. The zero-order valence-corrected chi connectivity index (χ0v) is 12.3. The summed E-state index contributed by atoms with van der Waals surface area (Å²) in [6, 6.07) is 0. The molecule has 2 aliphatic heterocycles. The van der Waals surface area contributed by atoms with Crippen LogP contribution in [0.3, 0.4) is 0 Å². The second-order valence-electron chi connectivity index (χ2n) is 6.10. The Labute approximate surface area is 120 Å². The number of aliphatic hydroxyl groups is 1. The summed E-state index contributed by atoms with van der Waals surface area (Å²) in [4.78, 5) is 9.52. The maximum absolute atomic E-state index is 9.25. The van der Waals surface area contributed by atoms with Crippen LogP contribution in [0.2, 0.25) is 0 Å². The maximum Gasteiger partial charge on any atom is 0.152 e. The van der Waals surface area contributed by atoms with Gasteiger partial charge in [0.2, 0.25) is 0 Å². The van der Waals surface area contributed by atoms with Gasteiger partial charge in [-0.2, -0.15) is 5.10 Å². The number of fused-ring (bicyclic) bond motifs is 1. The molecule has 6 nitrogen and oxygen atoms in total. The van der Waals surface area contributed by atoms with E-state index in [0.29, 0.717) is 5.92 Å². The monoisotopic (exact) mass is 279 g/mol. The van der Waals surface area contributed by atoms with E-state index in [1.54, 1.807) is 0 Å². The molecular formula is C14H25N5O. The number of hydrogen-bond donors (Lipinski definition) is 1. The van der Waals surface area contributed by atoms with Crippen molar-refractivity contribution in [1.29, 1.82) is 0 Å². The van der Waals surface area contributed by atoms with Gasteiger partial charge in [0.25, 0.3) is 0 Å². The number of rotatable bonds is 4. The highest BCUT2D eigenvalue weighted by Gasteiger charge is 2.21. The van der Waals surface area contributed by atoms with Gasteiger partial charge < -0.3 is 14.9 Å². The highest BCUT2D eigenvalue weighted by atomic mass is 16.3. The van der Waals surface area contributed by atoms with Crippen LogP contribution < -0.4 is 0 Å². The Morgan fingerprint density at radius 2 is 2.00 bits per heavy atom. The molecule has 0 saturated carbocycles. The highest BCUT2D eigenvalue weighted by molar-refractivity contribution is 4.98. The fourth-order valence-corrected chi connectivity index (χ4v) is 3.01. The Morgan fingerprint density at radius 3 is 2.75 bits per heavy atom. The number of aryl methyl sites for hydroxylation is 1. The van der Waals surface area contributed by atoms with Crippen LogP contribution in [0.4, 0.5) is 0 Å². The number of likely N-dealkylation sites (N-methyl/N-ethyl adjacent to an activating group) is 1. The Hall–Kier alpha value is -0.980. The van der Waals surface area contributed by atoms with Gasteiger partial charge in [-0.1, -0.05) is 0 Å². The summed E-state index contributed by atoms with van der Waals surface area (Å²) in [6.45, 7) is 6.84. The van der Waals surface area contributed by atoms with E-state index >= 15 is 0 Å². The van der Waals surface area contributed by atoms with Crippen molar-refractivity contribution in [2.24, 2.45) is 5.92 Å². The Morgan fingerprint density at radius 1 is 1.20 bits per heavy atom. The van der Waals surface area contributed by atoms with Gasteiger partial charge >= 0.3 is 0 Å². The van der Waals surface area contributed by atoms with Crippen LogP contribution in [0.1, 0.15) is 18.1 Å². The molecule has 6 heteroatoms. The first kappa shape index (κ1) is 14.0. The molecule has 1 aromatic heterocycles. The van der Waals surface area contributed by atoms with E-state index in [4.69, 9.17) is 0 Å². The van der Waals surface area contributed by atoms with Crippen molar-refractivity contribution in [1.82, 2.24) is 24.6 Å². The molecule has 1 fully saturated rings. The molecule has 112 valence electrons. The van der Waals surface area contributed by atoms with Crippen LogP contribution in [0.25, 0.3) is 0 Å². The Balaban J connectivity index is 1.53. The molecule has 0 aliphatic carbocycles. The van der Waals surface area contributed by atoms with Crippen LogP contribution >= 0.6 is 0 Å². The molecule has 1 atom stereocenters. The van der Waals surface area contributed by atoms with Gasteiger partial charge in [0.15, 0.2) is 5.82 Å². The summed E-state index contributed by atoms with van der Waals surface area (Å²) in [5, 5.41) is 13.9. The largest absolute Gasteiger partial charge is 0.396 e. The third kappa shape index (κ3) is 3.19. The van der Waals surface area contributed by atoms with Crippen molar-refractivity contribution in [3.63, 3.8) is 0 Å². The minimum Gasteiger partial charge on any atom is -0.396 e. The molecule has 1 aromatic rings. The van der Waals surface area contributed by atoms with Crippen LogP contribution in [0, 0.1) is 5.92 Å². The summed E-state index contributed by atoms with van der Waals surface area (Å²) in [5.74, 6) is 2.40. The molecule has 3 rings (SSSR count). The van der Waals surface area contributed by atoms with E-state index in [1.807, 2.05) is 4.68 Å². The molecule has 0 spiro atoms. The average Bonchev–Trinajstić information content (AvgIpc) is 2.88. The van der Waals surface area contributed by atoms with Crippen LogP contribution in [-0.2, 0) is 19.4 Å². The van der Waals surface area contributed by atoms with Gasteiger partial charge in [-0.15, -0.1) is 0 Å². The lowest BCUT2D eigenvalue weighted by atomic mass is 9.99. The van der Waals surface area contributed by atoms with E-state index in [0.717, 1.165) is 70.2 Å². The molecule has 20 heavy (non-hydrogen) atoms. The van der Waals surface area contributed by atoms with Crippen LogP contribution in [0.15, 0.2) is 0 Å². The second kappa shape index (κ2) is 6.20. The minimum atomic E-state index is 0.267. The summed E-state index contributed by atoms with van der Waals surface area (Å²) >= 11 is 0. The zero-order chi connectivity index (χ0) is 13.9. The van der Waals surface area contributed by atoms with Gasteiger partial charge in [0, 0.05) is 58.7 Å². The molecule has 2 aliphatic rings. The SMILES string of the molecule is CN1CCN(CCc2nc3n(n2)CCC(CO)C3)CC1. The predicted molar refractivity (Wildman–Crippen MR) is 76.6 cm³/mol. The first-order chi connectivity index (χ1) is 9.74. The van der Waals surface area contributed by atoms with Crippen molar-refractivity contribution < 1.29 is 5.11 Å². The normalized spacial score (nSPS) is 24.8. The molecule has 1 unspecified atom stereocenters. The zero-order valence-electron chi connectivity index (χ0n) is 12.3. The van der Waals surface area contributed by atoms with Crippen LogP contribution in [0.5, 0.6) is 0 Å². The minimum absolute atomic E-state index is 0.267. The molecular weight excluding hydrogens is 254 g/mol. The van der Waals surface area contributed by atoms with Gasteiger partial charge in [0.1, 0.15) is 5.82 Å². The van der Waals surface area contributed by atoms with Gasteiger partial charge in [-0.3, -0.25) is 0 Å². The summed E-state index contributed by atoms with van der Waals surface area (Å²) in [7, 11) is 2.18. The molecule has 0 bridgehead atoms. The van der Waals surface area contributed by atoms with E-state index in [9.17, 15) is 5.11 Å². The number of piperazine rings is 1. The Kier molecular flexibility index (Phi) is 4.33. The van der Waals surface area contributed by atoms with Crippen molar-refractivity contribution >= 4 is 0 Å². The number of aliphatic hydroxyl groups excluding tert-OH is 1. The molecule has 0 aromatic carbocycles. The number of aromatic nitrogens is 3. The smallest absolute Gasteiger partial charge is 0.152 e. The number of nitrogens with zero attached hydrogens (tertiary/aromatic N) is 5. The summed E-state index contributed by atoms with van der Waals surface area (Å²) < 4.78 is 2.03. The van der Waals surface area contributed by atoms with E-state index < -0.39 is 0 Å². The van der Waals surface area contributed by atoms with Gasteiger partial charge in [-0.25, -0.2) is 9.67 Å². The lowest BCUT2D eigenvalue weighted by Gasteiger charge is -2.31. The van der Waals surface area contributed by atoms with E-state index in [-0.39, 0.29) is 6.61 Å². The van der Waals surface area contributed by atoms with E-state index in [2.05, 4.69) is 26.9 Å². The first-order valence-electron chi connectivity index (χ1n) is 7.69. The lowest BCUT2D eigenvalue weighted by molar-refractivity contribution is 0.155. The average molecular weight is 279 g/mol. The van der Waals surface area contributed by atoms with Crippen molar-refractivity contribution in [3.05, 3.63) is 11.6 Å². The third-order valence-corrected chi connectivity index (χ3v) is 4.52. The second-order valence-corrected chi connectivity index (χ2v) is 6.10. The number of hydrogen-bond acceptors (Lipinski definition) is 5. The predicted octanol–water partition coefficient (Wildman–Crippen LogP) is -0.377.